The lowest BCUT2D eigenvalue weighted by Crippen LogP contribution is -2.41. The monoisotopic (exact) mass is 265 g/mol. The van der Waals surface area contributed by atoms with E-state index in [0.29, 0.717) is 13.0 Å². The van der Waals surface area contributed by atoms with E-state index in [1.807, 2.05) is 11.8 Å². The molecule has 1 amide bonds. The van der Waals surface area contributed by atoms with Gasteiger partial charge in [-0.2, -0.15) is 0 Å². The Hall–Kier alpha value is -0.805. The Bertz CT molecular complexity index is 387. The summed E-state index contributed by atoms with van der Waals surface area (Å²) >= 11 is 0. The fraction of sp³-hybridized carbons (Fsp3) is 0.786. The van der Waals surface area contributed by atoms with Gasteiger partial charge in [0.2, 0.25) is 5.91 Å². The van der Waals surface area contributed by atoms with Crippen LogP contribution in [0.2, 0.25) is 0 Å². The number of rotatable bonds is 2. The molecule has 2 heterocycles. The molecule has 5 heteroatoms. The van der Waals surface area contributed by atoms with Crippen molar-refractivity contribution in [1.82, 2.24) is 4.90 Å². The highest BCUT2D eigenvalue weighted by Gasteiger charge is 2.52. The van der Waals surface area contributed by atoms with Gasteiger partial charge in [-0.3, -0.25) is 4.79 Å². The minimum atomic E-state index is -0.297. The maximum atomic E-state index is 11.6. The number of hydrogen-bond acceptors (Lipinski definition) is 3. The van der Waals surface area contributed by atoms with E-state index < -0.39 is 0 Å². The van der Waals surface area contributed by atoms with Gasteiger partial charge < -0.3 is 14.2 Å². The molecular formula is C14H24BNO3. The Morgan fingerprint density at radius 3 is 2.32 bits per heavy atom. The van der Waals surface area contributed by atoms with Gasteiger partial charge in [-0.15, -0.1) is 0 Å². The average molecular weight is 265 g/mol. The quantitative estimate of drug-likeness (QED) is 0.718. The second-order valence-electron chi connectivity index (χ2n) is 6.31. The van der Waals surface area contributed by atoms with Crippen molar-refractivity contribution in [3.05, 3.63) is 11.5 Å². The zero-order valence-electron chi connectivity index (χ0n) is 12.7. The van der Waals surface area contributed by atoms with Crippen molar-refractivity contribution in [2.75, 3.05) is 13.1 Å². The summed E-state index contributed by atoms with van der Waals surface area (Å²) in [6, 6.07) is 0. The van der Waals surface area contributed by atoms with Crippen LogP contribution in [0.1, 0.15) is 47.5 Å². The highest BCUT2D eigenvalue weighted by Crippen LogP contribution is 2.39. The molecule has 0 saturated carbocycles. The summed E-state index contributed by atoms with van der Waals surface area (Å²) in [5, 5.41) is 0. The summed E-state index contributed by atoms with van der Waals surface area (Å²) in [6.07, 6.45) is 3.49. The van der Waals surface area contributed by atoms with Crippen LogP contribution >= 0.6 is 0 Å². The third-order valence-electron chi connectivity index (χ3n) is 4.46. The van der Waals surface area contributed by atoms with Crippen LogP contribution < -0.4 is 0 Å². The molecule has 0 atom stereocenters. The molecule has 106 valence electrons. The molecule has 0 bridgehead atoms. The number of carbonyl (C=O) groups excluding carboxylic acids is 1. The van der Waals surface area contributed by atoms with E-state index in [1.54, 1.807) is 0 Å². The first kappa shape index (κ1) is 14.6. The Balaban J connectivity index is 2.03. The highest BCUT2D eigenvalue weighted by molar-refractivity contribution is 6.54. The molecule has 0 aromatic carbocycles. The molecule has 0 N–H and O–H groups in total. The molecule has 1 fully saturated rings. The third-order valence-corrected chi connectivity index (χ3v) is 4.46. The SMILES string of the molecule is CCC(=O)N1CC=C(B2OC(C)(C)C(C)(C)O2)CC1. The highest BCUT2D eigenvalue weighted by atomic mass is 16.7. The van der Waals surface area contributed by atoms with Crippen molar-refractivity contribution in [3.8, 4) is 0 Å². The molecule has 0 unspecified atom stereocenters. The first-order valence-corrected chi connectivity index (χ1v) is 7.09. The summed E-state index contributed by atoms with van der Waals surface area (Å²) in [6.45, 7) is 11.6. The van der Waals surface area contributed by atoms with Crippen LogP contribution in [0, 0.1) is 0 Å². The topological polar surface area (TPSA) is 38.8 Å². The summed E-state index contributed by atoms with van der Waals surface area (Å²) in [7, 11) is -0.260. The van der Waals surface area contributed by atoms with Crippen molar-refractivity contribution in [2.24, 2.45) is 0 Å². The van der Waals surface area contributed by atoms with Crippen LogP contribution in [0.15, 0.2) is 11.5 Å². The van der Waals surface area contributed by atoms with E-state index in [4.69, 9.17) is 9.31 Å². The average Bonchev–Trinajstić information content (AvgIpc) is 2.58. The van der Waals surface area contributed by atoms with Gasteiger partial charge in [0.15, 0.2) is 0 Å². The first-order valence-electron chi connectivity index (χ1n) is 7.09. The van der Waals surface area contributed by atoms with Crippen molar-refractivity contribution in [3.63, 3.8) is 0 Å². The van der Waals surface area contributed by atoms with Crippen LogP contribution in [0.4, 0.5) is 0 Å². The zero-order valence-corrected chi connectivity index (χ0v) is 12.7. The van der Waals surface area contributed by atoms with Gasteiger partial charge in [-0.1, -0.05) is 13.0 Å². The second kappa shape index (κ2) is 4.95. The summed E-state index contributed by atoms with van der Waals surface area (Å²) in [4.78, 5) is 13.5. The van der Waals surface area contributed by atoms with Gasteiger partial charge in [0.1, 0.15) is 0 Å². The van der Waals surface area contributed by atoms with Crippen molar-refractivity contribution < 1.29 is 14.1 Å². The third kappa shape index (κ3) is 2.72. The molecule has 19 heavy (non-hydrogen) atoms. The summed E-state index contributed by atoms with van der Waals surface area (Å²) < 4.78 is 12.1. The molecular weight excluding hydrogens is 241 g/mol. The molecule has 0 spiro atoms. The number of amides is 1. The van der Waals surface area contributed by atoms with E-state index in [0.717, 1.165) is 13.0 Å². The number of carbonyl (C=O) groups is 1. The van der Waals surface area contributed by atoms with Crippen LogP contribution in [0.3, 0.4) is 0 Å². The lowest BCUT2D eigenvalue weighted by Gasteiger charge is -2.32. The first-order chi connectivity index (χ1) is 8.77. The molecule has 2 aliphatic rings. The van der Waals surface area contributed by atoms with Gasteiger partial charge in [0.25, 0.3) is 0 Å². The normalized spacial score (nSPS) is 25.4. The molecule has 0 radical (unpaired) electrons. The van der Waals surface area contributed by atoms with E-state index in [9.17, 15) is 4.79 Å². The minimum absolute atomic E-state index is 0.212. The van der Waals surface area contributed by atoms with Crippen LogP contribution in [-0.4, -0.2) is 42.2 Å². The smallest absolute Gasteiger partial charge is 0.400 e. The van der Waals surface area contributed by atoms with Gasteiger partial charge in [0, 0.05) is 19.5 Å². The van der Waals surface area contributed by atoms with E-state index in [2.05, 4.69) is 33.8 Å². The molecule has 4 nitrogen and oxygen atoms in total. The summed E-state index contributed by atoms with van der Waals surface area (Å²) in [5.74, 6) is 0.212. The minimum Gasteiger partial charge on any atom is -0.400 e. The van der Waals surface area contributed by atoms with Crippen LogP contribution in [0.25, 0.3) is 0 Å². The van der Waals surface area contributed by atoms with Crippen molar-refractivity contribution in [1.29, 1.82) is 0 Å². The molecule has 2 aliphatic heterocycles. The van der Waals surface area contributed by atoms with E-state index >= 15 is 0 Å². The van der Waals surface area contributed by atoms with E-state index in [1.165, 1.54) is 5.47 Å². The predicted octanol–water partition coefficient (Wildman–Crippen LogP) is 2.19. The van der Waals surface area contributed by atoms with Gasteiger partial charge >= 0.3 is 7.12 Å². The number of nitrogens with zero attached hydrogens (tertiary/aromatic N) is 1. The maximum absolute atomic E-state index is 11.6. The molecule has 0 aliphatic carbocycles. The number of hydrogen-bond donors (Lipinski definition) is 0. The van der Waals surface area contributed by atoms with Gasteiger partial charge in [-0.05, 0) is 39.6 Å². The standard InChI is InChI=1S/C14H24BNO3/c1-6-12(17)16-9-7-11(8-10-16)15-18-13(2,3)14(4,5)19-15/h7H,6,8-10H2,1-5H3. The Morgan fingerprint density at radius 1 is 1.32 bits per heavy atom. The largest absolute Gasteiger partial charge is 0.490 e. The van der Waals surface area contributed by atoms with Gasteiger partial charge in [-0.25, -0.2) is 0 Å². The molecule has 0 aromatic rings. The molecule has 2 rings (SSSR count). The molecule has 0 aromatic heterocycles. The van der Waals surface area contributed by atoms with Crippen LogP contribution in [0.5, 0.6) is 0 Å². The molecule has 1 saturated heterocycles. The van der Waals surface area contributed by atoms with Gasteiger partial charge in [0.05, 0.1) is 11.2 Å². The fourth-order valence-electron chi connectivity index (χ4n) is 2.34. The maximum Gasteiger partial charge on any atom is 0.490 e. The summed E-state index contributed by atoms with van der Waals surface area (Å²) in [5.41, 5.74) is 0.572. The fourth-order valence-corrected chi connectivity index (χ4v) is 2.34. The van der Waals surface area contributed by atoms with Crippen molar-refractivity contribution >= 4 is 13.0 Å². The Labute approximate surface area is 116 Å². The van der Waals surface area contributed by atoms with Crippen LogP contribution in [-0.2, 0) is 14.1 Å². The Morgan fingerprint density at radius 2 is 1.89 bits per heavy atom. The Kier molecular flexibility index (Phi) is 3.80. The zero-order chi connectivity index (χ0) is 14.3. The van der Waals surface area contributed by atoms with Crippen molar-refractivity contribution in [2.45, 2.75) is 58.7 Å². The predicted molar refractivity (Wildman–Crippen MR) is 75.7 cm³/mol. The van der Waals surface area contributed by atoms with E-state index in [-0.39, 0.29) is 24.2 Å². The lowest BCUT2D eigenvalue weighted by molar-refractivity contribution is -0.130. The lowest BCUT2D eigenvalue weighted by atomic mass is 9.74. The second-order valence-corrected chi connectivity index (χ2v) is 6.31.